The number of H-pyrrole nitrogens is 1. The van der Waals surface area contributed by atoms with Gasteiger partial charge in [0.25, 0.3) is 0 Å². The number of carbonyl (C=O) groups excluding carboxylic acids is 6. The summed E-state index contributed by atoms with van der Waals surface area (Å²) in [4.78, 5) is 111. The third-order valence-electron chi connectivity index (χ3n) is 9.32. The number of nitrogens with zero attached hydrogens (tertiary/aromatic N) is 1. The van der Waals surface area contributed by atoms with E-state index in [0.717, 1.165) is 0 Å². The van der Waals surface area contributed by atoms with Crippen LogP contribution < -0.4 is 49.1 Å². The number of hydrogen-bond donors (Lipinski definition) is 12. The molecule has 8 atom stereocenters. The number of aliphatic imine (C=N–C) groups is 1. The summed E-state index contributed by atoms with van der Waals surface area (Å²) >= 11 is 0. The van der Waals surface area contributed by atoms with Crippen molar-refractivity contribution in [2.75, 3.05) is 6.54 Å². The highest BCUT2D eigenvalue weighted by atomic mass is 16.4. The number of carbonyl (C=O) groups is 8. The lowest BCUT2D eigenvalue weighted by Crippen LogP contribution is -2.61. The lowest BCUT2D eigenvalue weighted by molar-refractivity contribution is -0.142. The van der Waals surface area contributed by atoms with Crippen LogP contribution in [0.1, 0.15) is 78.2 Å². The second kappa shape index (κ2) is 22.6. The van der Waals surface area contributed by atoms with Gasteiger partial charge in [0.15, 0.2) is 5.96 Å². The fourth-order valence-corrected chi connectivity index (χ4v) is 5.85. The molecule has 0 aromatic carbocycles. The molecular formula is C35H57N11O10. The zero-order chi connectivity index (χ0) is 42.1. The van der Waals surface area contributed by atoms with Crippen LogP contribution in [0.3, 0.4) is 0 Å². The van der Waals surface area contributed by atoms with Gasteiger partial charge in [0, 0.05) is 25.4 Å². The fraction of sp³-hybridized carbons (Fsp3) is 0.629. The molecule has 21 heteroatoms. The molecule has 6 amide bonds. The zero-order valence-corrected chi connectivity index (χ0v) is 32.1. The first-order chi connectivity index (χ1) is 26.3. The van der Waals surface area contributed by atoms with Crippen molar-refractivity contribution in [3.05, 3.63) is 24.0 Å². The highest BCUT2D eigenvalue weighted by Gasteiger charge is 2.36. The third-order valence-corrected chi connectivity index (χ3v) is 9.32. The van der Waals surface area contributed by atoms with Crippen molar-refractivity contribution in [1.82, 2.24) is 36.9 Å². The molecule has 1 aliphatic heterocycles. The van der Waals surface area contributed by atoms with Gasteiger partial charge < -0.3 is 64.3 Å². The van der Waals surface area contributed by atoms with Crippen LogP contribution in [-0.4, -0.2) is 117 Å². The maximum Gasteiger partial charge on any atom is 0.326 e. The van der Waals surface area contributed by atoms with Crippen LogP contribution >= 0.6 is 0 Å². The molecular weight excluding hydrogens is 734 g/mol. The Bertz CT molecular complexity index is 1560. The number of carboxylic acid groups (broad SMARTS) is 2. The van der Waals surface area contributed by atoms with Crippen LogP contribution in [0.5, 0.6) is 0 Å². The SMILES string of the molecule is CCC(C)C1NC(=O)C(NC(=O)C(NC(=O)C(CCCN=C(N)N)NC(=O)C(N)CC(=O)O)C(C)C)CCCC(C(=O)O)NC(=O)C(Cc2cc[nH]c2)NC1=O. The van der Waals surface area contributed by atoms with Crippen LogP contribution in [0.2, 0.25) is 0 Å². The Balaban J connectivity index is 2.38. The molecule has 8 unspecified atom stereocenters. The van der Waals surface area contributed by atoms with E-state index in [4.69, 9.17) is 22.3 Å². The predicted octanol–water partition coefficient (Wildman–Crippen LogP) is -2.71. The molecule has 1 saturated heterocycles. The predicted molar refractivity (Wildman–Crippen MR) is 202 cm³/mol. The Morgan fingerprint density at radius 1 is 0.929 bits per heavy atom. The summed E-state index contributed by atoms with van der Waals surface area (Å²) in [6.45, 7) is 6.86. The minimum absolute atomic E-state index is 0.0298. The van der Waals surface area contributed by atoms with E-state index in [1.165, 1.54) is 0 Å². The molecule has 0 bridgehead atoms. The van der Waals surface area contributed by atoms with Crippen molar-refractivity contribution >= 4 is 53.3 Å². The lowest BCUT2D eigenvalue weighted by atomic mass is 9.96. The molecule has 56 heavy (non-hydrogen) atoms. The van der Waals surface area contributed by atoms with Gasteiger partial charge in [-0.15, -0.1) is 0 Å². The molecule has 312 valence electrons. The summed E-state index contributed by atoms with van der Waals surface area (Å²) in [7, 11) is 0. The quantitative estimate of drug-likeness (QED) is 0.0409. The van der Waals surface area contributed by atoms with E-state index in [-0.39, 0.29) is 51.0 Å². The van der Waals surface area contributed by atoms with Crippen molar-refractivity contribution < 1.29 is 48.6 Å². The minimum atomic E-state index is -1.48. The first kappa shape index (κ1) is 46.4. The summed E-state index contributed by atoms with van der Waals surface area (Å²) in [6, 6.07) is -7.38. The number of nitrogens with two attached hydrogens (primary N) is 3. The monoisotopic (exact) mass is 791 g/mol. The van der Waals surface area contributed by atoms with Crippen molar-refractivity contribution in [2.24, 2.45) is 34.0 Å². The zero-order valence-electron chi connectivity index (χ0n) is 32.1. The number of nitrogens with one attached hydrogen (secondary N) is 7. The molecule has 2 rings (SSSR count). The first-order valence-corrected chi connectivity index (χ1v) is 18.5. The van der Waals surface area contributed by atoms with Gasteiger partial charge in [0.05, 0.1) is 12.5 Å². The maximum atomic E-state index is 13.9. The van der Waals surface area contributed by atoms with Crippen LogP contribution in [0, 0.1) is 11.8 Å². The topological polar surface area (TPSA) is 355 Å². The van der Waals surface area contributed by atoms with E-state index in [9.17, 15) is 43.5 Å². The molecule has 0 radical (unpaired) electrons. The van der Waals surface area contributed by atoms with Crippen molar-refractivity contribution in [3.8, 4) is 0 Å². The molecule has 0 saturated carbocycles. The van der Waals surface area contributed by atoms with Gasteiger partial charge in [-0.3, -0.25) is 38.6 Å². The second-order valence-electron chi connectivity index (χ2n) is 14.2. The van der Waals surface area contributed by atoms with Gasteiger partial charge in [-0.25, -0.2) is 4.79 Å². The van der Waals surface area contributed by atoms with Gasteiger partial charge in [0.1, 0.15) is 36.3 Å². The average Bonchev–Trinajstić information content (AvgIpc) is 3.64. The molecule has 1 aromatic rings. The van der Waals surface area contributed by atoms with Gasteiger partial charge in [-0.1, -0.05) is 34.1 Å². The largest absolute Gasteiger partial charge is 0.481 e. The molecule has 1 aromatic heterocycles. The highest BCUT2D eigenvalue weighted by molar-refractivity contribution is 5.97. The lowest BCUT2D eigenvalue weighted by Gasteiger charge is -2.29. The summed E-state index contributed by atoms with van der Waals surface area (Å²) < 4.78 is 0. The molecule has 1 aliphatic rings. The number of aromatic amines is 1. The molecule has 21 nitrogen and oxygen atoms in total. The van der Waals surface area contributed by atoms with Gasteiger partial charge in [-0.2, -0.15) is 0 Å². The van der Waals surface area contributed by atoms with Crippen LogP contribution in [0.15, 0.2) is 23.5 Å². The normalized spacial score (nSPS) is 21.5. The maximum absolute atomic E-state index is 13.9. The Kier molecular flexibility index (Phi) is 18.7. The smallest absolute Gasteiger partial charge is 0.326 e. The van der Waals surface area contributed by atoms with Gasteiger partial charge in [-0.05, 0) is 55.6 Å². The third kappa shape index (κ3) is 15.2. The van der Waals surface area contributed by atoms with Gasteiger partial charge in [0.2, 0.25) is 35.4 Å². The molecule has 0 spiro atoms. The number of aromatic nitrogens is 1. The Morgan fingerprint density at radius 3 is 2.20 bits per heavy atom. The number of carboxylic acids is 2. The molecule has 15 N–H and O–H groups in total. The number of hydrogen-bond acceptors (Lipinski definition) is 10. The standard InChI is InChI=1S/C35H57N11O10/c1-5-18(4)27-33(54)44-24(14-19-11-13-39-16-19)31(52)43-23(34(55)56)9-6-8-21(30(51)46-27)42-32(53)26(17(2)3)45-29(50)22(10-7-12-40-35(37)38)41-28(49)20(36)15-25(47)48/h11,13,16-18,20-24,26-27,39H,5-10,12,14-15,36H2,1-4H3,(H,41,49)(H,42,53)(H,43,52)(H,44,54)(H,45,50)(H,46,51)(H,47,48)(H,55,56)(H4,37,38,40). The highest BCUT2D eigenvalue weighted by Crippen LogP contribution is 2.15. The summed E-state index contributed by atoms with van der Waals surface area (Å²) in [5, 5.41) is 34.5. The second-order valence-corrected chi connectivity index (χ2v) is 14.2. The average molecular weight is 792 g/mol. The Labute approximate surface area is 324 Å². The van der Waals surface area contributed by atoms with Crippen LogP contribution in [0.4, 0.5) is 0 Å². The Hall–Kier alpha value is -5.73. The number of amides is 6. The summed E-state index contributed by atoms with van der Waals surface area (Å²) in [6.07, 6.45) is 3.00. The first-order valence-electron chi connectivity index (χ1n) is 18.5. The van der Waals surface area contributed by atoms with E-state index in [1.54, 1.807) is 46.2 Å². The molecule has 1 fully saturated rings. The van der Waals surface area contributed by atoms with Crippen LogP contribution in [-0.2, 0) is 44.8 Å². The van der Waals surface area contributed by atoms with E-state index in [0.29, 0.717) is 12.0 Å². The van der Waals surface area contributed by atoms with E-state index in [1.807, 2.05) is 0 Å². The van der Waals surface area contributed by atoms with Crippen molar-refractivity contribution in [2.45, 2.75) is 121 Å². The molecule has 2 heterocycles. The van der Waals surface area contributed by atoms with Crippen LogP contribution in [0.25, 0.3) is 0 Å². The van der Waals surface area contributed by atoms with E-state index < -0.39 is 108 Å². The van der Waals surface area contributed by atoms with Gasteiger partial charge >= 0.3 is 11.9 Å². The molecule has 0 aliphatic carbocycles. The summed E-state index contributed by atoms with van der Waals surface area (Å²) in [5.74, 6) is -8.60. The van der Waals surface area contributed by atoms with Crippen molar-refractivity contribution in [3.63, 3.8) is 0 Å². The van der Waals surface area contributed by atoms with E-state index in [2.05, 4.69) is 41.9 Å². The number of rotatable bonds is 18. The van der Waals surface area contributed by atoms with E-state index >= 15 is 0 Å². The number of aliphatic carboxylic acids is 2. The Morgan fingerprint density at radius 2 is 1.62 bits per heavy atom. The van der Waals surface area contributed by atoms with Crippen molar-refractivity contribution in [1.29, 1.82) is 0 Å². The summed E-state index contributed by atoms with van der Waals surface area (Å²) in [5.41, 5.74) is 17.1. The number of guanidine groups is 1. The fourth-order valence-electron chi connectivity index (χ4n) is 5.85. The minimum Gasteiger partial charge on any atom is -0.481 e.